The second-order valence-corrected chi connectivity index (χ2v) is 6.04. The summed E-state index contributed by atoms with van der Waals surface area (Å²) in [5, 5.41) is 4.35. The minimum Gasteiger partial charge on any atom is -0.382 e. The van der Waals surface area contributed by atoms with Gasteiger partial charge in [-0.2, -0.15) is 0 Å². The third kappa shape index (κ3) is 3.77. The van der Waals surface area contributed by atoms with Crippen LogP contribution >= 0.6 is 11.6 Å². The summed E-state index contributed by atoms with van der Waals surface area (Å²) in [6, 6.07) is 6.60. The van der Waals surface area contributed by atoms with Crippen molar-refractivity contribution < 1.29 is 4.74 Å². The van der Waals surface area contributed by atoms with Gasteiger partial charge in [0.05, 0.1) is 22.9 Å². The van der Waals surface area contributed by atoms with Crippen molar-refractivity contribution in [3.05, 3.63) is 23.2 Å². The molecule has 2 atom stereocenters. The molecule has 19 heavy (non-hydrogen) atoms. The van der Waals surface area contributed by atoms with Crippen LogP contribution in [0.2, 0.25) is 5.02 Å². The SMILES string of the molecule is CC1CC(Nc2ccc(N(C)C)c(Cl)c2)CC(C)O1. The summed E-state index contributed by atoms with van der Waals surface area (Å²) in [4.78, 5) is 2.02. The Labute approximate surface area is 120 Å². The molecule has 3 nitrogen and oxygen atoms in total. The number of nitrogens with zero attached hydrogens (tertiary/aromatic N) is 1. The van der Waals surface area contributed by atoms with Crippen molar-refractivity contribution in [1.29, 1.82) is 0 Å². The molecule has 0 aromatic heterocycles. The molecule has 0 aliphatic carbocycles. The summed E-state index contributed by atoms with van der Waals surface area (Å²) in [6.07, 6.45) is 2.71. The lowest BCUT2D eigenvalue weighted by Gasteiger charge is -2.33. The summed E-state index contributed by atoms with van der Waals surface area (Å²) in [7, 11) is 3.99. The molecule has 1 N–H and O–H groups in total. The van der Waals surface area contributed by atoms with Gasteiger partial charge < -0.3 is 15.0 Å². The van der Waals surface area contributed by atoms with Crippen molar-refractivity contribution in [3.63, 3.8) is 0 Å². The number of halogens is 1. The van der Waals surface area contributed by atoms with Crippen LogP contribution in [0.4, 0.5) is 11.4 Å². The second kappa shape index (κ2) is 6.02. The zero-order valence-corrected chi connectivity index (χ0v) is 12.9. The lowest BCUT2D eigenvalue weighted by Crippen LogP contribution is -2.36. The van der Waals surface area contributed by atoms with E-state index in [1.165, 1.54) is 0 Å². The van der Waals surface area contributed by atoms with E-state index in [9.17, 15) is 0 Å². The first kappa shape index (κ1) is 14.5. The van der Waals surface area contributed by atoms with Crippen molar-refractivity contribution in [1.82, 2.24) is 0 Å². The first-order valence-corrected chi connectivity index (χ1v) is 7.22. The molecule has 2 unspecified atom stereocenters. The van der Waals surface area contributed by atoms with Gasteiger partial charge in [0, 0.05) is 25.8 Å². The second-order valence-electron chi connectivity index (χ2n) is 5.63. The Balaban J connectivity index is 2.05. The molecule has 1 saturated heterocycles. The molecule has 0 bridgehead atoms. The minimum atomic E-state index is 0.317. The van der Waals surface area contributed by atoms with E-state index in [0.29, 0.717) is 18.2 Å². The smallest absolute Gasteiger partial charge is 0.0659 e. The quantitative estimate of drug-likeness (QED) is 0.913. The molecule has 2 rings (SSSR count). The fraction of sp³-hybridized carbons (Fsp3) is 0.600. The largest absolute Gasteiger partial charge is 0.382 e. The predicted octanol–water partition coefficient (Wildman–Crippen LogP) is 3.77. The first-order valence-electron chi connectivity index (χ1n) is 6.84. The monoisotopic (exact) mass is 282 g/mol. The van der Waals surface area contributed by atoms with E-state index < -0.39 is 0 Å². The lowest BCUT2D eigenvalue weighted by molar-refractivity contribution is -0.0337. The molecule has 1 aromatic rings. The molecule has 1 aliphatic rings. The Morgan fingerprint density at radius 1 is 1.21 bits per heavy atom. The Bertz CT molecular complexity index is 426. The van der Waals surface area contributed by atoms with Crippen LogP contribution in [0.5, 0.6) is 0 Å². The van der Waals surface area contributed by atoms with Gasteiger partial charge in [-0.05, 0) is 44.9 Å². The Morgan fingerprint density at radius 3 is 2.37 bits per heavy atom. The Kier molecular flexibility index (Phi) is 4.58. The molecule has 0 spiro atoms. The molecule has 1 heterocycles. The van der Waals surface area contributed by atoms with Crippen LogP contribution in [0.3, 0.4) is 0 Å². The molecule has 0 radical (unpaired) electrons. The highest BCUT2D eigenvalue weighted by molar-refractivity contribution is 6.33. The van der Waals surface area contributed by atoms with Crippen molar-refractivity contribution in [2.45, 2.75) is 44.9 Å². The maximum Gasteiger partial charge on any atom is 0.0659 e. The van der Waals surface area contributed by atoms with Gasteiger partial charge >= 0.3 is 0 Å². The highest BCUT2D eigenvalue weighted by Gasteiger charge is 2.24. The van der Waals surface area contributed by atoms with Crippen LogP contribution in [0.1, 0.15) is 26.7 Å². The third-order valence-corrected chi connectivity index (χ3v) is 3.80. The predicted molar refractivity (Wildman–Crippen MR) is 82.4 cm³/mol. The zero-order chi connectivity index (χ0) is 14.0. The van der Waals surface area contributed by atoms with E-state index in [2.05, 4.69) is 31.3 Å². The minimum absolute atomic E-state index is 0.317. The number of nitrogens with one attached hydrogen (secondary N) is 1. The van der Waals surface area contributed by atoms with Crippen LogP contribution < -0.4 is 10.2 Å². The van der Waals surface area contributed by atoms with E-state index in [1.54, 1.807) is 0 Å². The summed E-state index contributed by atoms with van der Waals surface area (Å²) >= 11 is 6.29. The van der Waals surface area contributed by atoms with Gasteiger partial charge in [-0.3, -0.25) is 0 Å². The Morgan fingerprint density at radius 2 is 1.84 bits per heavy atom. The topological polar surface area (TPSA) is 24.5 Å². The van der Waals surface area contributed by atoms with Gasteiger partial charge in [-0.1, -0.05) is 11.6 Å². The highest BCUT2D eigenvalue weighted by Crippen LogP contribution is 2.29. The number of hydrogen-bond donors (Lipinski definition) is 1. The van der Waals surface area contributed by atoms with Crippen LogP contribution in [0.15, 0.2) is 18.2 Å². The van der Waals surface area contributed by atoms with Gasteiger partial charge in [-0.25, -0.2) is 0 Å². The highest BCUT2D eigenvalue weighted by atomic mass is 35.5. The van der Waals surface area contributed by atoms with Crippen molar-refractivity contribution in [2.75, 3.05) is 24.3 Å². The normalized spacial score (nSPS) is 27.1. The molecule has 1 aliphatic heterocycles. The van der Waals surface area contributed by atoms with Crippen molar-refractivity contribution in [2.24, 2.45) is 0 Å². The number of anilines is 2. The van der Waals surface area contributed by atoms with E-state index in [-0.39, 0.29) is 0 Å². The van der Waals surface area contributed by atoms with Gasteiger partial charge in [0.25, 0.3) is 0 Å². The average Bonchev–Trinajstić information content (AvgIpc) is 2.26. The fourth-order valence-electron chi connectivity index (χ4n) is 2.72. The Hall–Kier alpha value is -0.930. The van der Waals surface area contributed by atoms with Crippen LogP contribution in [0.25, 0.3) is 0 Å². The van der Waals surface area contributed by atoms with Crippen LogP contribution in [0, 0.1) is 0 Å². The van der Waals surface area contributed by atoms with Gasteiger partial charge in [0.1, 0.15) is 0 Å². The number of ether oxygens (including phenoxy) is 1. The molecular weight excluding hydrogens is 260 g/mol. The lowest BCUT2D eigenvalue weighted by atomic mass is 9.99. The first-order chi connectivity index (χ1) is 8.95. The van der Waals surface area contributed by atoms with Crippen molar-refractivity contribution >= 4 is 23.0 Å². The third-order valence-electron chi connectivity index (χ3n) is 3.50. The maximum atomic E-state index is 6.29. The number of rotatable bonds is 3. The molecule has 1 aromatic carbocycles. The summed E-state index contributed by atoms with van der Waals surface area (Å²) < 4.78 is 5.76. The molecule has 0 amide bonds. The molecule has 1 fully saturated rings. The number of hydrogen-bond acceptors (Lipinski definition) is 3. The zero-order valence-electron chi connectivity index (χ0n) is 12.1. The molecule has 106 valence electrons. The van der Waals surface area contributed by atoms with E-state index in [4.69, 9.17) is 16.3 Å². The van der Waals surface area contributed by atoms with Gasteiger partial charge in [0.2, 0.25) is 0 Å². The summed E-state index contributed by atoms with van der Waals surface area (Å²) in [5.41, 5.74) is 2.13. The van der Waals surface area contributed by atoms with Gasteiger partial charge in [0.15, 0.2) is 0 Å². The molecule has 4 heteroatoms. The number of benzene rings is 1. The molecule has 0 saturated carbocycles. The van der Waals surface area contributed by atoms with E-state index in [1.807, 2.05) is 25.1 Å². The maximum absolute atomic E-state index is 6.29. The van der Waals surface area contributed by atoms with E-state index in [0.717, 1.165) is 29.2 Å². The fourth-order valence-corrected chi connectivity index (χ4v) is 3.07. The standard InChI is InChI=1S/C15H23ClN2O/c1-10-7-13(8-11(2)19-10)17-12-5-6-15(18(3)4)14(16)9-12/h5-6,9-11,13,17H,7-8H2,1-4H3. The van der Waals surface area contributed by atoms with Crippen molar-refractivity contribution in [3.8, 4) is 0 Å². The van der Waals surface area contributed by atoms with Gasteiger partial charge in [-0.15, -0.1) is 0 Å². The van der Waals surface area contributed by atoms with E-state index >= 15 is 0 Å². The summed E-state index contributed by atoms with van der Waals surface area (Å²) in [5.74, 6) is 0. The average molecular weight is 283 g/mol. The summed E-state index contributed by atoms with van der Waals surface area (Å²) in [6.45, 7) is 4.26. The van der Waals surface area contributed by atoms with Crippen LogP contribution in [-0.2, 0) is 4.74 Å². The molecular formula is C15H23ClN2O. The van der Waals surface area contributed by atoms with Crippen LogP contribution in [-0.4, -0.2) is 32.3 Å².